The summed E-state index contributed by atoms with van der Waals surface area (Å²) in [5.41, 5.74) is 2.93. The predicted octanol–water partition coefficient (Wildman–Crippen LogP) is 5.09. The molecular formula is C19H14Cl2N4. The minimum atomic E-state index is 0.524. The number of aromatic nitrogens is 4. The third kappa shape index (κ3) is 3.31. The zero-order chi connectivity index (χ0) is 17.2. The Morgan fingerprint density at radius 1 is 0.920 bits per heavy atom. The van der Waals surface area contributed by atoms with Crippen LogP contribution in [0.2, 0.25) is 10.0 Å². The average Bonchev–Trinajstić information content (AvgIpc) is 3.28. The second kappa shape index (κ2) is 6.75. The van der Waals surface area contributed by atoms with Crippen LogP contribution in [0.4, 0.5) is 0 Å². The molecule has 0 spiro atoms. The number of hydrogen-bond donors (Lipinski definition) is 0. The van der Waals surface area contributed by atoms with E-state index in [1.807, 2.05) is 59.4 Å². The largest absolute Gasteiger partial charge is 0.325 e. The van der Waals surface area contributed by atoms with Gasteiger partial charge in [0.15, 0.2) is 0 Å². The van der Waals surface area contributed by atoms with Crippen molar-refractivity contribution in [3.05, 3.63) is 89.2 Å². The lowest BCUT2D eigenvalue weighted by Crippen LogP contribution is -2.01. The van der Waals surface area contributed by atoms with Gasteiger partial charge in [-0.05, 0) is 18.2 Å². The van der Waals surface area contributed by atoms with Crippen molar-refractivity contribution in [3.63, 3.8) is 0 Å². The van der Waals surface area contributed by atoms with E-state index in [0.717, 1.165) is 22.8 Å². The lowest BCUT2D eigenvalue weighted by molar-refractivity contribution is 0.787. The first-order valence-corrected chi connectivity index (χ1v) is 8.51. The Morgan fingerprint density at radius 3 is 2.56 bits per heavy atom. The van der Waals surface area contributed by atoms with Crippen LogP contribution in [0.1, 0.15) is 5.69 Å². The monoisotopic (exact) mass is 368 g/mol. The van der Waals surface area contributed by atoms with Crippen LogP contribution in [0.3, 0.4) is 0 Å². The zero-order valence-corrected chi connectivity index (χ0v) is 14.7. The average molecular weight is 369 g/mol. The van der Waals surface area contributed by atoms with Crippen molar-refractivity contribution < 1.29 is 0 Å². The Balaban J connectivity index is 1.60. The molecule has 2 heterocycles. The molecule has 0 N–H and O–H groups in total. The molecule has 2 aromatic carbocycles. The van der Waals surface area contributed by atoms with E-state index < -0.39 is 0 Å². The molecule has 0 aliphatic carbocycles. The fraction of sp³-hybridized carbons (Fsp3) is 0.0526. The van der Waals surface area contributed by atoms with Crippen molar-refractivity contribution in [2.75, 3.05) is 0 Å². The van der Waals surface area contributed by atoms with Crippen molar-refractivity contribution in [1.82, 2.24) is 19.1 Å². The summed E-state index contributed by atoms with van der Waals surface area (Å²) in [5.74, 6) is 0.921. The van der Waals surface area contributed by atoms with Gasteiger partial charge >= 0.3 is 0 Å². The van der Waals surface area contributed by atoms with Crippen LogP contribution in [0.5, 0.6) is 0 Å². The minimum absolute atomic E-state index is 0.524. The highest BCUT2D eigenvalue weighted by Gasteiger charge is 2.08. The van der Waals surface area contributed by atoms with E-state index in [9.17, 15) is 0 Å². The molecule has 0 saturated heterocycles. The number of halogens is 2. The molecule has 124 valence electrons. The van der Waals surface area contributed by atoms with Crippen molar-refractivity contribution in [2.24, 2.45) is 0 Å². The van der Waals surface area contributed by atoms with E-state index in [4.69, 9.17) is 23.2 Å². The molecule has 4 rings (SSSR count). The van der Waals surface area contributed by atoms with Crippen LogP contribution >= 0.6 is 23.2 Å². The molecule has 0 radical (unpaired) electrons. The molecule has 6 heteroatoms. The van der Waals surface area contributed by atoms with Gasteiger partial charge in [-0.1, -0.05) is 53.5 Å². The summed E-state index contributed by atoms with van der Waals surface area (Å²) in [6, 6.07) is 15.6. The van der Waals surface area contributed by atoms with E-state index >= 15 is 0 Å². The fourth-order valence-electron chi connectivity index (χ4n) is 2.69. The number of nitrogens with zero attached hydrogens (tertiary/aromatic N) is 4. The number of imidazole rings is 2. The first kappa shape index (κ1) is 15.9. The molecular weight excluding hydrogens is 355 g/mol. The Labute approximate surface area is 155 Å². The van der Waals surface area contributed by atoms with Crippen molar-refractivity contribution in [2.45, 2.75) is 6.54 Å². The molecule has 0 atom stereocenters. The van der Waals surface area contributed by atoms with Gasteiger partial charge in [0, 0.05) is 29.8 Å². The van der Waals surface area contributed by atoms with Gasteiger partial charge in [0.2, 0.25) is 0 Å². The summed E-state index contributed by atoms with van der Waals surface area (Å²) in [6.45, 7) is 0.637. The standard InChI is InChI=1S/C19H14Cl2N4/c20-17-7-6-16(10-18(17)21)25-12-15(23-13-25)11-24-9-8-22-19(24)14-4-2-1-3-5-14/h1-10,12-13H,11H2. The molecule has 4 nitrogen and oxygen atoms in total. The van der Waals surface area contributed by atoms with E-state index in [2.05, 4.69) is 14.5 Å². The van der Waals surface area contributed by atoms with Gasteiger partial charge in [0.1, 0.15) is 5.82 Å². The third-order valence-corrected chi connectivity index (χ3v) is 4.66. The molecule has 0 amide bonds. The van der Waals surface area contributed by atoms with Crippen molar-refractivity contribution in [1.29, 1.82) is 0 Å². The Kier molecular flexibility index (Phi) is 4.30. The van der Waals surface area contributed by atoms with Gasteiger partial charge in [-0.15, -0.1) is 0 Å². The van der Waals surface area contributed by atoms with E-state index in [-0.39, 0.29) is 0 Å². The van der Waals surface area contributed by atoms with Crippen LogP contribution in [0, 0.1) is 0 Å². The Hall–Kier alpha value is -2.56. The second-order valence-electron chi connectivity index (χ2n) is 5.62. The molecule has 0 unspecified atom stereocenters. The van der Waals surface area contributed by atoms with Gasteiger partial charge in [-0.2, -0.15) is 0 Å². The molecule has 0 fully saturated rings. The third-order valence-electron chi connectivity index (χ3n) is 3.92. The SMILES string of the molecule is Clc1ccc(-n2cnc(Cn3ccnc3-c3ccccc3)c2)cc1Cl. The quantitative estimate of drug-likeness (QED) is 0.502. The fourth-order valence-corrected chi connectivity index (χ4v) is 2.98. The summed E-state index contributed by atoms with van der Waals surface area (Å²) in [6.07, 6.45) is 7.52. The molecule has 25 heavy (non-hydrogen) atoms. The highest BCUT2D eigenvalue weighted by molar-refractivity contribution is 6.42. The summed E-state index contributed by atoms with van der Waals surface area (Å²) in [4.78, 5) is 8.96. The van der Waals surface area contributed by atoms with E-state index in [1.54, 1.807) is 18.6 Å². The van der Waals surface area contributed by atoms with E-state index in [1.165, 1.54) is 0 Å². The minimum Gasteiger partial charge on any atom is -0.325 e. The van der Waals surface area contributed by atoms with Gasteiger partial charge in [0.25, 0.3) is 0 Å². The maximum atomic E-state index is 6.10. The molecule has 0 aliphatic heterocycles. The summed E-state index contributed by atoms with van der Waals surface area (Å²) >= 11 is 12.1. The summed E-state index contributed by atoms with van der Waals surface area (Å²) in [5, 5.41) is 1.06. The number of benzene rings is 2. The van der Waals surface area contributed by atoms with Crippen LogP contribution in [-0.2, 0) is 6.54 Å². The topological polar surface area (TPSA) is 35.6 Å². The lowest BCUT2D eigenvalue weighted by Gasteiger charge is -2.06. The van der Waals surface area contributed by atoms with Crippen LogP contribution < -0.4 is 0 Å². The van der Waals surface area contributed by atoms with Gasteiger partial charge in [0.05, 0.1) is 28.6 Å². The van der Waals surface area contributed by atoms with Gasteiger partial charge in [-0.25, -0.2) is 9.97 Å². The van der Waals surface area contributed by atoms with Crippen molar-refractivity contribution in [3.8, 4) is 17.1 Å². The Bertz CT molecular complexity index is 1010. The summed E-state index contributed by atoms with van der Waals surface area (Å²) < 4.78 is 4.01. The smallest absolute Gasteiger partial charge is 0.140 e. The predicted molar refractivity (Wildman–Crippen MR) is 100 cm³/mol. The maximum Gasteiger partial charge on any atom is 0.140 e. The highest BCUT2D eigenvalue weighted by Crippen LogP contribution is 2.24. The molecule has 2 aromatic heterocycles. The van der Waals surface area contributed by atoms with Crippen LogP contribution in [0.15, 0.2) is 73.4 Å². The van der Waals surface area contributed by atoms with Crippen molar-refractivity contribution >= 4 is 23.2 Å². The second-order valence-corrected chi connectivity index (χ2v) is 6.43. The maximum absolute atomic E-state index is 6.10. The lowest BCUT2D eigenvalue weighted by atomic mass is 10.2. The number of rotatable bonds is 4. The molecule has 0 saturated carbocycles. The van der Waals surface area contributed by atoms with Gasteiger partial charge < -0.3 is 9.13 Å². The first-order chi connectivity index (χ1) is 12.2. The van der Waals surface area contributed by atoms with E-state index in [0.29, 0.717) is 16.6 Å². The highest BCUT2D eigenvalue weighted by atomic mass is 35.5. The molecule has 0 aliphatic rings. The first-order valence-electron chi connectivity index (χ1n) is 7.75. The van der Waals surface area contributed by atoms with Gasteiger partial charge in [-0.3, -0.25) is 0 Å². The number of hydrogen-bond acceptors (Lipinski definition) is 2. The van der Waals surface area contributed by atoms with Crippen LogP contribution in [-0.4, -0.2) is 19.1 Å². The molecule has 4 aromatic rings. The molecule has 0 bridgehead atoms. The Morgan fingerprint density at radius 2 is 1.76 bits per heavy atom. The summed E-state index contributed by atoms with van der Waals surface area (Å²) in [7, 11) is 0. The van der Waals surface area contributed by atoms with Crippen LogP contribution in [0.25, 0.3) is 17.1 Å². The normalized spacial score (nSPS) is 11.0. The zero-order valence-electron chi connectivity index (χ0n) is 13.2.